The van der Waals surface area contributed by atoms with Gasteiger partial charge in [-0.3, -0.25) is 0 Å². The maximum atomic E-state index is 12.9. The Bertz CT molecular complexity index is 282. The fourth-order valence-electron chi connectivity index (χ4n) is 2.60. The third kappa shape index (κ3) is 1.49. The third-order valence-electron chi connectivity index (χ3n) is 3.27. The molecule has 0 aromatic carbocycles. The second-order valence-corrected chi connectivity index (χ2v) is 4.06. The standard InChI is InChI=1S/C9H14BFNO4/c1-5-7-8(13-2)9(16-5,4-14-12-10)6(3-11)15-7/h5-8H,3-4H2,1-2H3/t5-,6?,7-,8-,9-/m0/s1. The molecule has 7 heteroatoms. The molecule has 0 aromatic rings. The monoisotopic (exact) mass is 230 g/mol. The second-order valence-electron chi connectivity index (χ2n) is 4.06. The van der Waals surface area contributed by atoms with Crippen molar-refractivity contribution in [2.75, 3.05) is 20.4 Å². The van der Waals surface area contributed by atoms with Crippen LogP contribution in [0.5, 0.6) is 0 Å². The average Bonchev–Trinajstić information content (AvgIpc) is 2.73. The quantitative estimate of drug-likeness (QED) is 0.499. The third-order valence-corrected chi connectivity index (χ3v) is 3.27. The molecule has 0 aromatic heterocycles. The first kappa shape index (κ1) is 11.9. The van der Waals surface area contributed by atoms with Crippen molar-refractivity contribution in [2.45, 2.75) is 36.9 Å². The molecule has 0 saturated carbocycles. The van der Waals surface area contributed by atoms with Gasteiger partial charge in [-0.25, -0.2) is 0 Å². The molecule has 5 atom stereocenters. The molecule has 0 spiro atoms. The summed E-state index contributed by atoms with van der Waals surface area (Å²) in [5.41, 5.74) is -0.948. The van der Waals surface area contributed by atoms with Gasteiger partial charge in [0.15, 0.2) is 0 Å². The zero-order chi connectivity index (χ0) is 11.8. The van der Waals surface area contributed by atoms with Crippen LogP contribution in [-0.4, -0.2) is 58.0 Å². The van der Waals surface area contributed by atoms with E-state index in [0.717, 1.165) is 0 Å². The minimum absolute atomic E-state index is 0.0252. The van der Waals surface area contributed by atoms with Crippen molar-refractivity contribution < 1.29 is 23.4 Å². The van der Waals surface area contributed by atoms with Crippen molar-refractivity contribution in [3.8, 4) is 0 Å². The predicted molar refractivity (Wildman–Crippen MR) is 52.8 cm³/mol. The number of hydrogen-bond acceptors (Lipinski definition) is 5. The predicted octanol–water partition coefficient (Wildman–Crippen LogP) is 0.179. The van der Waals surface area contributed by atoms with Gasteiger partial charge in [0.2, 0.25) is 0 Å². The molecule has 5 nitrogen and oxygen atoms in total. The van der Waals surface area contributed by atoms with Crippen molar-refractivity contribution in [2.24, 2.45) is 5.06 Å². The summed E-state index contributed by atoms with van der Waals surface area (Å²) in [6, 6.07) is 0. The van der Waals surface area contributed by atoms with Crippen LogP contribution in [0.2, 0.25) is 0 Å². The van der Waals surface area contributed by atoms with Crippen LogP contribution in [0.15, 0.2) is 5.06 Å². The van der Waals surface area contributed by atoms with E-state index in [1.807, 2.05) is 6.92 Å². The van der Waals surface area contributed by atoms with Gasteiger partial charge in [0.05, 0.1) is 0 Å². The zero-order valence-corrected chi connectivity index (χ0v) is 9.26. The summed E-state index contributed by atoms with van der Waals surface area (Å²) in [5.74, 6) is 0. The first-order valence-electron chi connectivity index (χ1n) is 5.14. The van der Waals surface area contributed by atoms with Gasteiger partial charge in [-0.2, -0.15) is 0 Å². The maximum absolute atomic E-state index is 12.9. The van der Waals surface area contributed by atoms with Crippen molar-refractivity contribution in [1.82, 2.24) is 0 Å². The Kier molecular flexibility index (Phi) is 3.28. The summed E-state index contributed by atoms with van der Waals surface area (Å²) in [4.78, 5) is 4.80. The summed E-state index contributed by atoms with van der Waals surface area (Å²) >= 11 is 0. The topological polar surface area (TPSA) is 49.3 Å². The van der Waals surface area contributed by atoms with Crippen LogP contribution < -0.4 is 0 Å². The SMILES string of the molecule is [B]=NOC[C@]12O[C@@H](C)[C@H](OC1CF)[C@@H]2OC. The van der Waals surface area contributed by atoms with E-state index < -0.39 is 18.4 Å². The van der Waals surface area contributed by atoms with E-state index in [9.17, 15) is 4.39 Å². The van der Waals surface area contributed by atoms with E-state index in [0.29, 0.717) is 0 Å². The summed E-state index contributed by atoms with van der Waals surface area (Å²) < 4.78 is 29.5. The Morgan fingerprint density at radius 1 is 1.56 bits per heavy atom. The van der Waals surface area contributed by atoms with Crippen LogP contribution in [0.1, 0.15) is 6.92 Å². The van der Waals surface area contributed by atoms with Crippen molar-refractivity contribution in [1.29, 1.82) is 0 Å². The minimum atomic E-state index is -0.948. The second kappa shape index (κ2) is 4.39. The number of ether oxygens (including phenoxy) is 3. The molecule has 0 aliphatic carbocycles. The molecule has 1 radical (unpaired) electrons. The van der Waals surface area contributed by atoms with E-state index in [1.165, 1.54) is 7.11 Å². The fraction of sp³-hybridized carbons (Fsp3) is 1.00. The molecule has 0 amide bonds. The number of methoxy groups -OCH3 is 1. The fourth-order valence-corrected chi connectivity index (χ4v) is 2.60. The van der Waals surface area contributed by atoms with E-state index in [-0.39, 0.29) is 24.9 Å². The molecule has 16 heavy (non-hydrogen) atoms. The Balaban J connectivity index is 2.23. The molecule has 89 valence electrons. The molecule has 2 rings (SSSR count). The number of alkyl halides is 1. The van der Waals surface area contributed by atoms with Gasteiger partial charge in [0.1, 0.15) is 0 Å². The first-order chi connectivity index (χ1) is 7.69. The molecule has 2 saturated heterocycles. The molecule has 2 aliphatic rings. The molecule has 2 bridgehead atoms. The van der Waals surface area contributed by atoms with Gasteiger partial charge in [-0.05, 0) is 0 Å². The van der Waals surface area contributed by atoms with Crippen molar-refractivity contribution in [3.05, 3.63) is 0 Å². The van der Waals surface area contributed by atoms with Crippen LogP contribution in [0.3, 0.4) is 0 Å². The summed E-state index contributed by atoms with van der Waals surface area (Å²) in [5, 5.41) is 3.06. The van der Waals surface area contributed by atoms with Gasteiger partial charge < -0.3 is 0 Å². The van der Waals surface area contributed by atoms with E-state index in [4.69, 9.17) is 26.7 Å². The Labute approximate surface area is 94.3 Å². The normalized spacial score (nSPS) is 45.9. The Hall–Kier alpha value is -0.525. The average molecular weight is 230 g/mol. The van der Waals surface area contributed by atoms with Crippen LogP contribution in [0.25, 0.3) is 0 Å². The van der Waals surface area contributed by atoms with Crippen molar-refractivity contribution >= 4 is 7.64 Å². The van der Waals surface area contributed by atoms with Crippen LogP contribution >= 0.6 is 0 Å². The first-order valence-corrected chi connectivity index (χ1v) is 5.14. The molecular formula is C9H14BFNO4. The zero-order valence-electron chi connectivity index (χ0n) is 9.26. The van der Waals surface area contributed by atoms with Crippen LogP contribution in [0, 0.1) is 0 Å². The molecule has 1 unspecified atom stereocenters. The van der Waals surface area contributed by atoms with Crippen LogP contribution in [0.4, 0.5) is 4.39 Å². The van der Waals surface area contributed by atoms with E-state index in [1.54, 1.807) is 0 Å². The van der Waals surface area contributed by atoms with E-state index in [2.05, 4.69) is 5.06 Å². The number of nitrogens with zero attached hydrogens (tertiary/aromatic N) is 1. The van der Waals surface area contributed by atoms with Crippen molar-refractivity contribution in [3.63, 3.8) is 0 Å². The number of rotatable bonds is 5. The molecule has 2 fully saturated rings. The van der Waals surface area contributed by atoms with Crippen LogP contribution in [-0.2, 0) is 19.0 Å². The summed E-state index contributed by atoms with van der Waals surface area (Å²) in [7, 11) is 6.45. The Morgan fingerprint density at radius 3 is 2.88 bits per heavy atom. The summed E-state index contributed by atoms with van der Waals surface area (Å²) in [6.45, 7) is 1.22. The van der Waals surface area contributed by atoms with E-state index >= 15 is 0 Å². The molecular weight excluding hydrogens is 216 g/mol. The van der Waals surface area contributed by atoms with Gasteiger partial charge >= 0.3 is 93.5 Å². The summed E-state index contributed by atoms with van der Waals surface area (Å²) in [6.07, 6.45) is -1.48. The number of halogens is 1. The Morgan fingerprint density at radius 2 is 2.31 bits per heavy atom. The molecule has 2 heterocycles. The van der Waals surface area contributed by atoms with Gasteiger partial charge in [-0.15, -0.1) is 0 Å². The molecule has 0 N–H and O–H groups in total. The van der Waals surface area contributed by atoms with Gasteiger partial charge in [0.25, 0.3) is 0 Å². The number of fused-ring (bicyclic) bond motifs is 2. The van der Waals surface area contributed by atoms with Gasteiger partial charge in [0, 0.05) is 0 Å². The molecule has 2 aliphatic heterocycles. The number of hydrogen-bond donors (Lipinski definition) is 0. The van der Waals surface area contributed by atoms with Gasteiger partial charge in [-0.1, -0.05) is 0 Å².